The van der Waals surface area contributed by atoms with Gasteiger partial charge in [0.15, 0.2) is 12.1 Å². The first-order chi connectivity index (χ1) is 10.7. The molecule has 1 fully saturated rings. The molecule has 0 radical (unpaired) electrons. The number of carbonyl (C=O) groups excluding carboxylic acids is 1. The molecule has 2 aromatic rings. The molecular formula is C16H18N2O3S. The second-order valence-electron chi connectivity index (χ2n) is 5.92. The van der Waals surface area contributed by atoms with E-state index in [1.165, 1.54) is 16.8 Å². The summed E-state index contributed by atoms with van der Waals surface area (Å²) in [6.07, 6.45) is 4.03. The van der Waals surface area contributed by atoms with Gasteiger partial charge in [-0.15, -0.1) is 11.3 Å². The maximum atomic E-state index is 12.5. The molecule has 0 saturated carbocycles. The van der Waals surface area contributed by atoms with Gasteiger partial charge in [0.05, 0.1) is 6.61 Å². The Morgan fingerprint density at radius 3 is 2.95 bits per heavy atom. The van der Waals surface area contributed by atoms with Gasteiger partial charge in [-0.25, -0.2) is 4.98 Å². The Hall–Kier alpha value is -1.66. The van der Waals surface area contributed by atoms with Crippen LogP contribution in [0.15, 0.2) is 22.3 Å². The lowest BCUT2D eigenvalue weighted by atomic mass is 9.85. The molecule has 0 N–H and O–H groups in total. The molecule has 5 nitrogen and oxygen atoms in total. The van der Waals surface area contributed by atoms with E-state index in [0.29, 0.717) is 24.5 Å². The second-order valence-corrected chi connectivity index (χ2v) is 6.83. The van der Waals surface area contributed by atoms with E-state index in [2.05, 4.69) is 16.4 Å². The van der Waals surface area contributed by atoms with E-state index in [0.717, 1.165) is 25.9 Å². The highest BCUT2D eigenvalue weighted by Crippen LogP contribution is 2.44. The number of piperidine rings is 1. The number of aryl methyl sites for hydroxylation is 1. The average Bonchev–Trinajstić information content (AvgIpc) is 3.17. The molecule has 1 saturated heterocycles. The lowest BCUT2D eigenvalue weighted by molar-refractivity contribution is -0.0906. The summed E-state index contributed by atoms with van der Waals surface area (Å²) in [5.74, 6) is 0.544. The summed E-state index contributed by atoms with van der Waals surface area (Å²) in [4.78, 5) is 19.8. The summed E-state index contributed by atoms with van der Waals surface area (Å²) in [6, 6.07) is 2.21. The first kappa shape index (κ1) is 14.0. The predicted molar refractivity (Wildman–Crippen MR) is 82.0 cm³/mol. The number of oxazole rings is 1. The van der Waals surface area contributed by atoms with E-state index in [9.17, 15) is 4.79 Å². The number of hydrogen-bond donors (Lipinski definition) is 0. The van der Waals surface area contributed by atoms with E-state index in [1.807, 2.05) is 4.90 Å². The van der Waals surface area contributed by atoms with Crippen LogP contribution in [0.1, 0.15) is 39.5 Å². The summed E-state index contributed by atoms with van der Waals surface area (Å²) in [5, 5.41) is 2.15. The Morgan fingerprint density at radius 1 is 1.41 bits per heavy atom. The Balaban J connectivity index is 1.52. The molecule has 1 spiro atoms. The van der Waals surface area contributed by atoms with Gasteiger partial charge in [-0.1, -0.05) is 0 Å². The molecular weight excluding hydrogens is 300 g/mol. The molecule has 4 heterocycles. The van der Waals surface area contributed by atoms with Gasteiger partial charge in [0.1, 0.15) is 11.4 Å². The Labute approximate surface area is 132 Å². The Bertz CT molecular complexity index is 698. The molecule has 0 aromatic carbocycles. The molecule has 2 aromatic heterocycles. The second kappa shape index (κ2) is 5.21. The van der Waals surface area contributed by atoms with E-state index < -0.39 is 0 Å². The number of nitrogens with zero attached hydrogens (tertiary/aromatic N) is 2. The molecule has 6 heteroatoms. The van der Waals surface area contributed by atoms with E-state index in [-0.39, 0.29) is 11.5 Å². The van der Waals surface area contributed by atoms with Crippen molar-refractivity contribution in [3.8, 4) is 0 Å². The number of likely N-dealkylation sites (tertiary alicyclic amines) is 1. The van der Waals surface area contributed by atoms with E-state index in [4.69, 9.17) is 9.15 Å². The number of fused-ring (bicyclic) bond motifs is 2. The smallest absolute Gasteiger partial charge is 0.276 e. The Kier molecular flexibility index (Phi) is 3.31. The molecule has 0 bridgehead atoms. The number of thiophene rings is 1. The van der Waals surface area contributed by atoms with Gasteiger partial charge in [-0.05, 0) is 43.2 Å². The third-order valence-corrected chi connectivity index (χ3v) is 5.86. The quantitative estimate of drug-likeness (QED) is 0.811. The highest BCUT2D eigenvalue weighted by molar-refractivity contribution is 7.10. The van der Waals surface area contributed by atoms with Crippen LogP contribution in [0, 0.1) is 6.92 Å². The van der Waals surface area contributed by atoms with E-state index in [1.54, 1.807) is 18.3 Å². The van der Waals surface area contributed by atoms with Crippen LogP contribution in [-0.4, -0.2) is 35.5 Å². The molecule has 0 atom stereocenters. The third-order valence-electron chi connectivity index (χ3n) is 4.72. The van der Waals surface area contributed by atoms with Crippen LogP contribution in [0.2, 0.25) is 0 Å². The van der Waals surface area contributed by atoms with Crippen molar-refractivity contribution in [3.05, 3.63) is 39.7 Å². The maximum absolute atomic E-state index is 12.5. The van der Waals surface area contributed by atoms with Gasteiger partial charge in [0.25, 0.3) is 5.91 Å². The van der Waals surface area contributed by atoms with Crippen molar-refractivity contribution in [1.82, 2.24) is 9.88 Å². The molecule has 116 valence electrons. The zero-order chi connectivity index (χ0) is 15.2. The standard InChI is InChI=1S/C16H18N2O3S/c1-11-13(17-10-20-11)15(19)18-6-4-16(5-7-18)14-12(2-8-21-16)3-9-22-14/h3,9-10H,2,4-8H2,1H3. The maximum Gasteiger partial charge on any atom is 0.276 e. The van der Waals surface area contributed by atoms with Gasteiger partial charge in [-0.2, -0.15) is 0 Å². The summed E-state index contributed by atoms with van der Waals surface area (Å²) >= 11 is 1.78. The van der Waals surface area contributed by atoms with E-state index >= 15 is 0 Å². The number of ether oxygens (including phenoxy) is 1. The fourth-order valence-corrected chi connectivity index (χ4v) is 4.62. The first-order valence-electron chi connectivity index (χ1n) is 7.60. The van der Waals surface area contributed by atoms with Crippen molar-refractivity contribution in [2.24, 2.45) is 0 Å². The van der Waals surface area contributed by atoms with Gasteiger partial charge in [0, 0.05) is 18.0 Å². The van der Waals surface area contributed by atoms with Crippen molar-refractivity contribution >= 4 is 17.2 Å². The predicted octanol–water partition coefficient (Wildman–Crippen LogP) is 2.75. The molecule has 1 amide bonds. The largest absolute Gasteiger partial charge is 0.448 e. The number of aromatic nitrogens is 1. The van der Waals surface area contributed by atoms with Crippen molar-refractivity contribution in [1.29, 1.82) is 0 Å². The lowest BCUT2D eigenvalue weighted by Gasteiger charge is -2.43. The third kappa shape index (κ3) is 2.09. The number of rotatable bonds is 1. The van der Waals surface area contributed by atoms with Gasteiger partial charge < -0.3 is 14.1 Å². The average molecular weight is 318 g/mol. The van der Waals surface area contributed by atoms with Crippen LogP contribution in [0.4, 0.5) is 0 Å². The fourth-order valence-electron chi connectivity index (χ4n) is 3.46. The molecule has 2 aliphatic heterocycles. The summed E-state index contributed by atoms with van der Waals surface area (Å²) < 4.78 is 11.3. The number of carbonyl (C=O) groups is 1. The molecule has 0 aliphatic carbocycles. The van der Waals surface area contributed by atoms with Crippen molar-refractivity contribution in [3.63, 3.8) is 0 Å². The minimum Gasteiger partial charge on any atom is -0.448 e. The minimum absolute atomic E-state index is 0.0386. The van der Waals surface area contributed by atoms with Gasteiger partial charge >= 0.3 is 0 Å². The van der Waals surface area contributed by atoms with Crippen LogP contribution in [-0.2, 0) is 16.8 Å². The van der Waals surface area contributed by atoms with Crippen LogP contribution in [0.25, 0.3) is 0 Å². The first-order valence-corrected chi connectivity index (χ1v) is 8.48. The van der Waals surface area contributed by atoms with Crippen LogP contribution in [0.3, 0.4) is 0 Å². The van der Waals surface area contributed by atoms with Crippen LogP contribution in [0.5, 0.6) is 0 Å². The minimum atomic E-state index is -0.183. The fraction of sp³-hybridized carbons (Fsp3) is 0.500. The topological polar surface area (TPSA) is 55.6 Å². The van der Waals surface area contributed by atoms with Gasteiger partial charge in [-0.3, -0.25) is 4.79 Å². The SMILES string of the molecule is Cc1ocnc1C(=O)N1CCC2(CC1)OCCc1ccsc12. The molecule has 22 heavy (non-hydrogen) atoms. The zero-order valence-electron chi connectivity index (χ0n) is 12.5. The monoisotopic (exact) mass is 318 g/mol. The molecule has 4 rings (SSSR count). The molecule has 0 unspecified atom stereocenters. The summed E-state index contributed by atoms with van der Waals surface area (Å²) in [7, 11) is 0. The number of amides is 1. The normalized spacial score (nSPS) is 20.1. The lowest BCUT2D eigenvalue weighted by Crippen LogP contribution is -2.48. The van der Waals surface area contributed by atoms with Crippen molar-refractivity contribution in [2.45, 2.75) is 31.8 Å². The highest BCUT2D eigenvalue weighted by Gasteiger charge is 2.43. The van der Waals surface area contributed by atoms with Crippen LogP contribution < -0.4 is 0 Å². The van der Waals surface area contributed by atoms with Crippen molar-refractivity contribution < 1.29 is 13.9 Å². The number of hydrogen-bond acceptors (Lipinski definition) is 5. The van der Waals surface area contributed by atoms with Crippen molar-refractivity contribution in [2.75, 3.05) is 19.7 Å². The Morgan fingerprint density at radius 2 is 2.23 bits per heavy atom. The van der Waals surface area contributed by atoms with Crippen LogP contribution >= 0.6 is 11.3 Å². The molecule has 2 aliphatic rings. The highest BCUT2D eigenvalue weighted by atomic mass is 32.1. The zero-order valence-corrected chi connectivity index (χ0v) is 13.3. The summed E-state index contributed by atoms with van der Waals surface area (Å²) in [6.45, 7) is 3.94. The van der Waals surface area contributed by atoms with Gasteiger partial charge in [0.2, 0.25) is 0 Å². The summed E-state index contributed by atoms with van der Waals surface area (Å²) in [5.41, 5.74) is 1.66.